The van der Waals surface area contributed by atoms with Crippen LogP contribution in [0.1, 0.15) is 22.8 Å². The Morgan fingerprint density at radius 3 is 2.11 bits per heavy atom. The molecule has 0 unspecified atom stereocenters. The number of hydrogen-bond acceptors (Lipinski definition) is 3. The first kappa shape index (κ1) is 24.5. The standard InChI is InChI=1S/C27H24Cl2N4O2/c1-3-32(26(35)20-8-12-22(29)13-9-20)17-25(34)31-27-30-24(19-6-10-21(28)11-7-19)16-33(27)23-14-4-18(2)5-15-23/h4-16H,3,17H2,1-2H3,(H,30,31,34). The van der Waals surface area contributed by atoms with E-state index in [1.54, 1.807) is 36.4 Å². The zero-order valence-electron chi connectivity index (χ0n) is 19.3. The second-order valence-electron chi connectivity index (χ2n) is 8.04. The first-order valence-corrected chi connectivity index (χ1v) is 11.9. The number of aromatic nitrogens is 2. The summed E-state index contributed by atoms with van der Waals surface area (Å²) in [5, 5.41) is 4.05. The first-order valence-electron chi connectivity index (χ1n) is 11.1. The van der Waals surface area contributed by atoms with Crippen molar-refractivity contribution >= 4 is 41.0 Å². The summed E-state index contributed by atoms with van der Waals surface area (Å²) in [6, 6.07) is 21.8. The van der Waals surface area contributed by atoms with Gasteiger partial charge in [-0.2, -0.15) is 0 Å². The van der Waals surface area contributed by atoms with Gasteiger partial charge in [-0.3, -0.25) is 19.5 Å². The predicted molar refractivity (Wildman–Crippen MR) is 140 cm³/mol. The number of likely N-dealkylation sites (N-methyl/N-ethyl adjacent to an activating group) is 1. The second kappa shape index (κ2) is 10.8. The number of amides is 2. The van der Waals surface area contributed by atoms with Crippen molar-refractivity contribution in [3.63, 3.8) is 0 Å². The highest BCUT2D eigenvalue weighted by Crippen LogP contribution is 2.26. The minimum Gasteiger partial charge on any atom is -0.330 e. The van der Waals surface area contributed by atoms with E-state index in [0.717, 1.165) is 16.8 Å². The number of carbonyl (C=O) groups excluding carboxylic acids is 2. The zero-order valence-corrected chi connectivity index (χ0v) is 20.8. The van der Waals surface area contributed by atoms with Gasteiger partial charge in [0, 0.05) is 39.6 Å². The fraction of sp³-hybridized carbons (Fsp3) is 0.148. The van der Waals surface area contributed by atoms with Crippen LogP contribution in [-0.4, -0.2) is 39.4 Å². The molecule has 0 fully saturated rings. The van der Waals surface area contributed by atoms with Gasteiger partial charge in [0.15, 0.2) is 0 Å². The molecule has 8 heteroatoms. The third-order valence-corrected chi connectivity index (χ3v) is 6.01. The fourth-order valence-electron chi connectivity index (χ4n) is 3.57. The van der Waals surface area contributed by atoms with E-state index in [1.165, 1.54) is 4.90 Å². The fourth-order valence-corrected chi connectivity index (χ4v) is 3.82. The molecule has 4 aromatic rings. The van der Waals surface area contributed by atoms with Crippen LogP contribution >= 0.6 is 23.2 Å². The van der Waals surface area contributed by atoms with Gasteiger partial charge in [-0.1, -0.05) is 53.0 Å². The molecule has 2 amide bonds. The van der Waals surface area contributed by atoms with E-state index in [9.17, 15) is 9.59 Å². The Balaban J connectivity index is 1.59. The monoisotopic (exact) mass is 506 g/mol. The van der Waals surface area contributed by atoms with Crippen molar-refractivity contribution in [1.29, 1.82) is 0 Å². The third-order valence-electron chi connectivity index (χ3n) is 5.50. The van der Waals surface area contributed by atoms with Crippen molar-refractivity contribution in [2.75, 3.05) is 18.4 Å². The second-order valence-corrected chi connectivity index (χ2v) is 8.91. The number of halogens is 2. The Morgan fingerprint density at radius 2 is 1.51 bits per heavy atom. The molecule has 0 radical (unpaired) electrons. The largest absolute Gasteiger partial charge is 0.330 e. The molecule has 0 aliphatic rings. The predicted octanol–water partition coefficient (Wildman–Crippen LogP) is 6.26. The molecule has 4 rings (SSSR count). The number of rotatable bonds is 7. The summed E-state index contributed by atoms with van der Waals surface area (Å²) in [6.07, 6.45) is 1.86. The highest BCUT2D eigenvalue weighted by atomic mass is 35.5. The Morgan fingerprint density at radius 1 is 0.914 bits per heavy atom. The number of nitrogens with zero attached hydrogens (tertiary/aromatic N) is 3. The minimum atomic E-state index is -0.351. The molecule has 1 aromatic heterocycles. The van der Waals surface area contributed by atoms with Crippen molar-refractivity contribution in [1.82, 2.24) is 14.5 Å². The van der Waals surface area contributed by atoms with Gasteiger partial charge in [0.05, 0.1) is 5.69 Å². The van der Waals surface area contributed by atoms with E-state index in [-0.39, 0.29) is 18.4 Å². The Hall–Kier alpha value is -3.61. The zero-order chi connectivity index (χ0) is 24.9. The number of nitrogens with one attached hydrogen (secondary N) is 1. The Bertz CT molecular complexity index is 1330. The van der Waals surface area contributed by atoms with Crippen molar-refractivity contribution in [3.8, 4) is 16.9 Å². The van der Waals surface area contributed by atoms with Gasteiger partial charge in [-0.25, -0.2) is 4.98 Å². The number of aryl methyl sites for hydroxylation is 1. The summed E-state index contributed by atoms with van der Waals surface area (Å²) in [6.45, 7) is 4.09. The van der Waals surface area contributed by atoms with Gasteiger partial charge in [-0.15, -0.1) is 0 Å². The highest BCUT2D eigenvalue weighted by Gasteiger charge is 2.20. The molecular formula is C27H24Cl2N4O2. The van der Waals surface area contributed by atoms with Crippen LogP contribution in [0.2, 0.25) is 10.0 Å². The van der Waals surface area contributed by atoms with Crippen LogP contribution in [-0.2, 0) is 4.79 Å². The van der Waals surface area contributed by atoms with Crippen LogP contribution in [0.3, 0.4) is 0 Å². The molecule has 1 heterocycles. The number of imidazole rings is 1. The van der Waals surface area contributed by atoms with Crippen molar-refractivity contribution in [2.45, 2.75) is 13.8 Å². The van der Waals surface area contributed by atoms with E-state index >= 15 is 0 Å². The van der Waals surface area contributed by atoms with Gasteiger partial charge in [0.25, 0.3) is 5.91 Å². The van der Waals surface area contributed by atoms with Gasteiger partial charge in [0.2, 0.25) is 11.9 Å². The van der Waals surface area contributed by atoms with Crippen molar-refractivity contribution in [3.05, 3.63) is 100 Å². The van der Waals surface area contributed by atoms with E-state index in [0.29, 0.717) is 33.8 Å². The molecule has 0 saturated carbocycles. The van der Waals surface area contributed by atoms with Crippen molar-refractivity contribution in [2.24, 2.45) is 0 Å². The Labute approximate surface area is 214 Å². The maximum atomic E-state index is 13.0. The lowest BCUT2D eigenvalue weighted by molar-refractivity contribution is -0.116. The molecule has 0 spiro atoms. The summed E-state index contributed by atoms with van der Waals surface area (Å²) in [5.74, 6) is -0.238. The van der Waals surface area contributed by atoms with Crippen LogP contribution in [0, 0.1) is 6.92 Å². The summed E-state index contributed by atoms with van der Waals surface area (Å²) in [4.78, 5) is 32.0. The van der Waals surface area contributed by atoms with Crippen LogP contribution in [0.15, 0.2) is 79.0 Å². The van der Waals surface area contributed by atoms with Crippen LogP contribution < -0.4 is 5.32 Å². The molecule has 0 bridgehead atoms. The number of anilines is 1. The smallest absolute Gasteiger partial charge is 0.254 e. The normalized spacial score (nSPS) is 10.7. The molecular weight excluding hydrogens is 483 g/mol. The highest BCUT2D eigenvalue weighted by molar-refractivity contribution is 6.31. The lowest BCUT2D eigenvalue weighted by atomic mass is 10.2. The van der Waals surface area contributed by atoms with E-state index in [2.05, 4.69) is 10.3 Å². The lowest BCUT2D eigenvalue weighted by Gasteiger charge is -2.20. The summed E-state index contributed by atoms with van der Waals surface area (Å²) in [7, 11) is 0. The Kier molecular flexibility index (Phi) is 7.54. The van der Waals surface area contributed by atoms with Gasteiger partial charge >= 0.3 is 0 Å². The van der Waals surface area contributed by atoms with Gasteiger partial charge < -0.3 is 4.90 Å². The molecule has 1 N–H and O–H groups in total. The molecule has 35 heavy (non-hydrogen) atoms. The maximum absolute atomic E-state index is 13.0. The molecule has 6 nitrogen and oxygen atoms in total. The maximum Gasteiger partial charge on any atom is 0.254 e. The summed E-state index contributed by atoms with van der Waals surface area (Å²) in [5.41, 5.74) is 3.99. The SMILES string of the molecule is CCN(CC(=O)Nc1nc(-c2ccc(Cl)cc2)cn1-c1ccc(C)cc1)C(=O)c1ccc(Cl)cc1. The molecule has 0 aliphatic carbocycles. The number of benzene rings is 3. The van der Waals surface area contributed by atoms with E-state index in [1.807, 2.05) is 61.0 Å². The number of carbonyl (C=O) groups is 2. The van der Waals surface area contributed by atoms with Crippen LogP contribution in [0.4, 0.5) is 5.95 Å². The number of hydrogen-bond donors (Lipinski definition) is 1. The van der Waals surface area contributed by atoms with Gasteiger partial charge in [0.1, 0.15) is 6.54 Å². The average molecular weight is 507 g/mol. The quantitative estimate of drug-likeness (QED) is 0.321. The summed E-state index contributed by atoms with van der Waals surface area (Å²) < 4.78 is 1.82. The summed E-state index contributed by atoms with van der Waals surface area (Å²) >= 11 is 12.0. The third kappa shape index (κ3) is 5.91. The minimum absolute atomic E-state index is 0.116. The van der Waals surface area contributed by atoms with Crippen LogP contribution in [0.25, 0.3) is 16.9 Å². The van der Waals surface area contributed by atoms with Gasteiger partial charge in [-0.05, 0) is 62.4 Å². The topological polar surface area (TPSA) is 67.2 Å². The molecule has 0 atom stereocenters. The average Bonchev–Trinajstić information content (AvgIpc) is 3.27. The van der Waals surface area contributed by atoms with E-state index < -0.39 is 0 Å². The molecule has 3 aromatic carbocycles. The van der Waals surface area contributed by atoms with Crippen LogP contribution in [0.5, 0.6) is 0 Å². The lowest BCUT2D eigenvalue weighted by Crippen LogP contribution is -2.38. The van der Waals surface area contributed by atoms with Crippen molar-refractivity contribution < 1.29 is 9.59 Å². The molecule has 0 aliphatic heterocycles. The molecule has 178 valence electrons. The molecule has 0 saturated heterocycles. The van der Waals surface area contributed by atoms with E-state index in [4.69, 9.17) is 23.2 Å². The first-order chi connectivity index (χ1) is 16.8.